The lowest BCUT2D eigenvalue weighted by atomic mass is 9.58. The summed E-state index contributed by atoms with van der Waals surface area (Å²) >= 11 is 0. The second-order valence-electron chi connectivity index (χ2n) is 6.76. The summed E-state index contributed by atoms with van der Waals surface area (Å²) < 4.78 is 0. The summed E-state index contributed by atoms with van der Waals surface area (Å²) in [6.07, 6.45) is 10.4. The molecule has 1 unspecified atom stereocenters. The van der Waals surface area contributed by atoms with Gasteiger partial charge in [0.1, 0.15) is 0 Å². The molecule has 0 radical (unpaired) electrons. The molecule has 0 saturated heterocycles. The Morgan fingerprint density at radius 3 is 2.41 bits per heavy atom. The minimum atomic E-state index is 0.618. The Balaban J connectivity index is 1.90. The van der Waals surface area contributed by atoms with Crippen LogP contribution in [-0.4, -0.2) is 0 Å². The molecule has 0 aromatic heterocycles. The van der Waals surface area contributed by atoms with Crippen LogP contribution in [0.25, 0.3) is 0 Å². The maximum absolute atomic E-state index is 2.45. The Morgan fingerprint density at radius 1 is 1.00 bits per heavy atom. The van der Waals surface area contributed by atoms with Crippen LogP contribution in [0.4, 0.5) is 0 Å². The molecule has 0 nitrogen and oxygen atoms in total. The van der Waals surface area contributed by atoms with Crippen LogP contribution in [0.2, 0.25) is 0 Å². The first-order chi connectivity index (χ1) is 8.28. The SMILES string of the molecule is CC1CC2(CCCC2)C2(CC2)c2ccccc21. The van der Waals surface area contributed by atoms with Crippen LogP contribution in [0.15, 0.2) is 24.3 Å². The molecule has 0 heterocycles. The second kappa shape index (κ2) is 3.16. The van der Waals surface area contributed by atoms with E-state index in [1.807, 2.05) is 0 Å². The molecule has 2 saturated carbocycles. The van der Waals surface area contributed by atoms with Gasteiger partial charge < -0.3 is 0 Å². The van der Waals surface area contributed by atoms with Gasteiger partial charge in [-0.3, -0.25) is 0 Å². The van der Waals surface area contributed by atoms with E-state index in [0.29, 0.717) is 10.8 Å². The predicted molar refractivity (Wildman–Crippen MR) is 71.3 cm³/mol. The molecule has 1 atom stereocenters. The molecule has 4 rings (SSSR count). The van der Waals surface area contributed by atoms with Gasteiger partial charge in [-0.2, -0.15) is 0 Å². The summed E-state index contributed by atoms with van der Waals surface area (Å²) in [6.45, 7) is 2.45. The third-order valence-corrected chi connectivity index (χ3v) is 6.03. The molecule has 1 aromatic carbocycles. The number of fused-ring (bicyclic) bond motifs is 3. The number of hydrogen-bond acceptors (Lipinski definition) is 0. The van der Waals surface area contributed by atoms with Gasteiger partial charge in [0.25, 0.3) is 0 Å². The van der Waals surface area contributed by atoms with E-state index in [4.69, 9.17) is 0 Å². The highest BCUT2D eigenvalue weighted by atomic mass is 14.7. The molecule has 0 bridgehead atoms. The molecule has 2 spiro atoms. The molecule has 3 aliphatic rings. The minimum Gasteiger partial charge on any atom is -0.0620 e. The Hall–Kier alpha value is -0.780. The average molecular weight is 226 g/mol. The molecule has 0 aliphatic heterocycles. The lowest BCUT2D eigenvalue weighted by Crippen LogP contribution is -2.38. The lowest BCUT2D eigenvalue weighted by Gasteiger charge is -2.46. The van der Waals surface area contributed by atoms with E-state index in [9.17, 15) is 0 Å². The van der Waals surface area contributed by atoms with Gasteiger partial charge in [0.2, 0.25) is 0 Å². The smallest absolute Gasteiger partial charge is 0.00131 e. The summed E-state index contributed by atoms with van der Waals surface area (Å²) in [7, 11) is 0. The molecule has 1 aromatic rings. The van der Waals surface area contributed by atoms with Crippen LogP contribution >= 0.6 is 0 Å². The van der Waals surface area contributed by atoms with Crippen molar-refractivity contribution in [1.29, 1.82) is 0 Å². The van der Waals surface area contributed by atoms with E-state index in [1.54, 1.807) is 11.1 Å². The van der Waals surface area contributed by atoms with E-state index in [-0.39, 0.29) is 0 Å². The van der Waals surface area contributed by atoms with Gasteiger partial charge in [0.15, 0.2) is 0 Å². The van der Waals surface area contributed by atoms with Crippen LogP contribution < -0.4 is 0 Å². The molecule has 0 N–H and O–H groups in total. The van der Waals surface area contributed by atoms with Crippen molar-refractivity contribution in [2.75, 3.05) is 0 Å². The maximum atomic E-state index is 2.45. The molecule has 0 heteroatoms. The second-order valence-corrected chi connectivity index (χ2v) is 6.76. The fourth-order valence-corrected chi connectivity index (χ4v) is 5.20. The zero-order chi connectivity index (χ0) is 11.5. The highest BCUT2D eigenvalue weighted by molar-refractivity contribution is 5.46. The Bertz CT molecular complexity index is 447. The molecule has 3 aliphatic carbocycles. The van der Waals surface area contributed by atoms with Crippen LogP contribution in [0.1, 0.15) is 68.9 Å². The van der Waals surface area contributed by atoms with E-state index < -0.39 is 0 Å². The van der Waals surface area contributed by atoms with Crippen molar-refractivity contribution in [2.24, 2.45) is 5.41 Å². The molecular formula is C17H22. The summed E-state index contributed by atoms with van der Waals surface area (Å²) in [5.74, 6) is 0.788. The summed E-state index contributed by atoms with van der Waals surface area (Å²) in [4.78, 5) is 0. The van der Waals surface area contributed by atoms with Crippen molar-refractivity contribution in [2.45, 2.75) is 63.2 Å². The standard InChI is InChI=1S/C17H22/c1-13-12-16(8-4-5-9-16)17(10-11-17)15-7-3-2-6-14(13)15/h2-3,6-7,13H,4-5,8-12H2,1H3. The normalized spacial score (nSPS) is 31.7. The fraction of sp³-hybridized carbons (Fsp3) is 0.647. The zero-order valence-electron chi connectivity index (χ0n) is 10.8. The predicted octanol–water partition coefficient (Wildman–Crippen LogP) is 4.79. The number of hydrogen-bond donors (Lipinski definition) is 0. The third kappa shape index (κ3) is 1.14. The molecule has 17 heavy (non-hydrogen) atoms. The quantitative estimate of drug-likeness (QED) is 0.597. The first-order valence-electron chi connectivity index (χ1n) is 7.37. The van der Waals surface area contributed by atoms with Crippen molar-refractivity contribution >= 4 is 0 Å². The molecule has 2 fully saturated rings. The van der Waals surface area contributed by atoms with Gasteiger partial charge in [-0.25, -0.2) is 0 Å². The van der Waals surface area contributed by atoms with Crippen LogP contribution in [0, 0.1) is 5.41 Å². The van der Waals surface area contributed by atoms with E-state index >= 15 is 0 Å². The van der Waals surface area contributed by atoms with Gasteiger partial charge in [-0.1, -0.05) is 44.0 Å². The lowest BCUT2D eigenvalue weighted by molar-refractivity contribution is 0.159. The summed E-state index contributed by atoms with van der Waals surface area (Å²) in [5, 5.41) is 0. The number of rotatable bonds is 0. The van der Waals surface area contributed by atoms with E-state index in [1.165, 1.54) is 44.9 Å². The van der Waals surface area contributed by atoms with Crippen molar-refractivity contribution in [3.8, 4) is 0 Å². The van der Waals surface area contributed by atoms with Gasteiger partial charge in [0.05, 0.1) is 0 Å². The van der Waals surface area contributed by atoms with Crippen molar-refractivity contribution in [3.05, 3.63) is 35.4 Å². The molecule has 0 amide bonds. The van der Waals surface area contributed by atoms with E-state index in [2.05, 4.69) is 31.2 Å². The Morgan fingerprint density at radius 2 is 1.71 bits per heavy atom. The topological polar surface area (TPSA) is 0 Å². The zero-order valence-corrected chi connectivity index (χ0v) is 10.8. The Kier molecular flexibility index (Phi) is 1.89. The van der Waals surface area contributed by atoms with Crippen molar-refractivity contribution in [1.82, 2.24) is 0 Å². The van der Waals surface area contributed by atoms with Gasteiger partial charge in [-0.05, 0) is 54.6 Å². The monoisotopic (exact) mass is 226 g/mol. The van der Waals surface area contributed by atoms with Crippen molar-refractivity contribution < 1.29 is 0 Å². The Labute approximate surface area is 104 Å². The molecular weight excluding hydrogens is 204 g/mol. The average Bonchev–Trinajstić information content (AvgIpc) is 3.04. The first-order valence-corrected chi connectivity index (χ1v) is 7.37. The van der Waals surface area contributed by atoms with Crippen LogP contribution in [0.3, 0.4) is 0 Å². The largest absolute Gasteiger partial charge is 0.0620 e. The minimum absolute atomic E-state index is 0.618. The van der Waals surface area contributed by atoms with Gasteiger partial charge >= 0.3 is 0 Å². The van der Waals surface area contributed by atoms with Crippen LogP contribution in [-0.2, 0) is 5.41 Å². The third-order valence-electron chi connectivity index (χ3n) is 6.03. The fourth-order valence-electron chi connectivity index (χ4n) is 5.20. The maximum Gasteiger partial charge on any atom is 0.00131 e. The van der Waals surface area contributed by atoms with Crippen LogP contribution in [0.5, 0.6) is 0 Å². The molecule has 90 valence electrons. The summed E-state index contributed by atoms with van der Waals surface area (Å²) in [5.41, 5.74) is 4.72. The van der Waals surface area contributed by atoms with Gasteiger partial charge in [0, 0.05) is 5.41 Å². The number of benzene rings is 1. The van der Waals surface area contributed by atoms with Crippen molar-refractivity contribution in [3.63, 3.8) is 0 Å². The van der Waals surface area contributed by atoms with Gasteiger partial charge in [-0.15, -0.1) is 0 Å². The first kappa shape index (κ1) is 10.2. The summed E-state index contributed by atoms with van der Waals surface area (Å²) in [6, 6.07) is 9.33. The highest BCUT2D eigenvalue weighted by Crippen LogP contribution is 2.71. The highest BCUT2D eigenvalue weighted by Gasteiger charge is 2.63. The van der Waals surface area contributed by atoms with E-state index in [0.717, 1.165) is 5.92 Å².